The van der Waals surface area contributed by atoms with Crippen LogP contribution in [0.1, 0.15) is 30.1 Å². The topological polar surface area (TPSA) is 16.1 Å². The van der Waals surface area contributed by atoms with Gasteiger partial charge in [0.2, 0.25) is 0 Å². The number of benzene rings is 1. The highest BCUT2D eigenvalue weighted by molar-refractivity contribution is 6.30. The van der Waals surface area contributed by atoms with Crippen molar-refractivity contribution in [3.63, 3.8) is 0 Å². The Morgan fingerprint density at radius 2 is 2.16 bits per heavy atom. The molecule has 98 valence electrons. The fourth-order valence-electron chi connectivity index (χ4n) is 2.79. The van der Waals surface area contributed by atoms with Gasteiger partial charge in [0, 0.05) is 17.8 Å². The number of likely N-dealkylation sites (tertiary alicyclic amines) is 1. The Kier molecular flexibility index (Phi) is 3.81. The summed E-state index contributed by atoms with van der Waals surface area (Å²) in [4.78, 5) is 7.00. The fourth-order valence-corrected chi connectivity index (χ4v) is 3.01. The van der Waals surface area contributed by atoms with Gasteiger partial charge in [-0.05, 0) is 49.2 Å². The first kappa shape index (κ1) is 12.6. The Labute approximate surface area is 119 Å². The predicted octanol–water partition coefficient (Wildman–Crippen LogP) is 4.07. The summed E-state index contributed by atoms with van der Waals surface area (Å²) >= 11 is 6.05. The van der Waals surface area contributed by atoms with Crippen LogP contribution in [0.3, 0.4) is 0 Å². The standard InChI is InChI=1S/C16H17ClN2/c17-14-6-3-5-13(11-14)12-19-10-4-8-16(19)15-7-1-2-9-18-15/h1-3,5-7,9,11,16H,4,8,10,12H2/t16-/m0/s1. The zero-order valence-electron chi connectivity index (χ0n) is 10.8. The van der Waals surface area contributed by atoms with Gasteiger partial charge < -0.3 is 0 Å². The Morgan fingerprint density at radius 3 is 2.95 bits per heavy atom. The largest absolute Gasteiger partial charge is 0.291 e. The van der Waals surface area contributed by atoms with Gasteiger partial charge in [-0.1, -0.05) is 29.8 Å². The number of hydrogen-bond acceptors (Lipinski definition) is 2. The van der Waals surface area contributed by atoms with Crippen molar-refractivity contribution < 1.29 is 0 Å². The van der Waals surface area contributed by atoms with Crippen molar-refractivity contribution in [3.05, 3.63) is 64.9 Å². The minimum absolute atomic E-state index is 0.445. The first-order valence-corrected chi connectivity index (χ1v) is 7.10. The highest BCUT2D eigenvalue weighted by Crippen LogP contribution is 2.32. The van der Waals surface area contributed by atoms with Crippen molar-refractivity contribution in [2.45, 2.75) is 25.4 Å². The smallest absolute Gasteiger partial charge is 0.0575 e. The van der Waals surface area contributed by atoms with Gasteiger partial charge in [0.15, 0.2) is 0 Å². The number of rotatable bonds is 3. The third-order valence-electron chi connectivity index (χ3n) is 3.67. The van der Waals surface area contributed by atoms with Gasteiger partial charge >= 0.3 is 0 Å². The molecule has 1 aromatic heterocycles. The third kappa shape index (κ3) is 2.96. The summed E-state index contributed by atoms with van der Waals surface area (Å²) in [6, 6.07) is 14.7. The molecule has 19 heavy (non-hydrogen) atoms. The number of halogens is 1. The van der Waals surface area contributed by atoms with E-state index in [2.05, 4.69) is 34.1 Å². The maximum Gasteiger partial charge on any atom is 0.0575 e. The molecule has 2 heterocycles. The first-order chi connectivity index (χ1) is 9.33. The van der Waals surface area contributed by atoms with Gasteiger partial charge in [-0.3, -0.25) is 9.88 Å². The van der Waals surface area contributed by atoms with Crippen molar-refractivity contribution in [3.8, 4) is 0 Å². The Morgan fingerprint density at radius 1 is 1.21 bits per heavy atom. The molecular formula is C16H17ClN2. The van der Waals surface area contributed by atoms with E-state index in [4.69, 9.17) is 11.6 Å². The summed E-state index contributed by atoms with van der Waals surface area (Å²) in [6.07, 6.45) is 4.31. The molecule has 2 aromatic rings. The Bertz CT molecular complexity index is 541. The van der Waals surface area contributed by atoms with Crippen LogP contribution in [0.15, 0.2) is 48.7 Å². The maximum atomic E-state index is 6.05. The molecule has 0 bridgehead atoms. The van der Waals surface area contributed by atoms with Crippen LogP contribution < -0.4 is 0 Å². The molecule has 1 aliphatic rings. The number of pyridine rings is 1. The maximum absolute atomic E-state index is 6.05. The number of aromatic nitrogens is 1. The van der Waals surface area contributed by atoms with Crippen molar-refractivity contribution in [2.24, 2.45) is 0 Å². The molecule has 1 aliphatic heterocycles. The van der Waals surface area contributed by atoms with Crippen LogP contribution >= 0.6 is 11.6 Å². The molecule has 0 saturated carbocycles. The van der Waals surface area contributed by atoms with E-state index in [9.17, 15) is 0 Å². The summed E-state index contributed by atoms with van der Waals surface area (Å²) < 4.78 is 0. The van der Waals surface area contributed by atoms with Crippen LogP contribution in [0.25, 0.3) is 0 Å². The van der Waals surface area contributed by atoms with Crippen molar-refractivity contribution in [2.75, 3.05) is 6.54 Å². The molecule has 0 aliphatic carbocycles. The second-order valence-corrected chi connectivity index (χ2v) is 5.45. The van der Waals surface area contributed by atoms with Crippen molar-refractivity contribution in [1.82, 2.24) is 9.88 Å². The van der Waals surface area contributed by atoms with Crippen LogP contribution in [-0.4, -0.2) is 16.4 Å². The van der Waals surface area contributed by atoms with E-state index in [1.807, 2.05) is 24.4 Å². The van der Waals surface area contributed by atoms with E-state index in [0.29, 0.717) is 6.04 Å². The summed E-state index contributed by atoms with van der Waals surface area (Å²) in [5, 5.41) is 0.811. The van der Waals surface area contributed by atoms with E-state index < -0.39 is 0 Å². The molecule has 0 N–H and O–H groups in total. The first-order valence-electron chi connectivity index (χ1n) is 6.72. The lowest BCUT2D eigenvalue weighted by molar-refractivity contribution is 0.244. The molecular weight excluding hydrogens is 256 g/mol. The molecule has 1 aromatic carbocycles. The molecule has 1 fully saturated rings. The summed E-state index contributed by atoms with van der Waals surface area (Å²) in [6.45, 7) is 2.08. The second-order valence-electron chi connectivity index (χ2n) is 5.01. The number of hydrogen-bond donors (Lipinski definition) is 0. The SMILES string of the molecule is Clc1cccc(CN2CCC[C@H]2c2ccccn2)c1. The lowest BCUT2D eigenvalue weighted by atomic mass is 10.1. The highest BCUT2D eigenvalue weighted by Gasteiger charge is 2.26. The lowest BCUT2D eigenvalue weighted by Crippen LogP contribution is -2.23. The average molecular weight is 273 g/mol. The Balaban J connectivity index is 1.77. The van der Waals surface area contributed by atoms with Crippen LogP contribution in [0, 0.1) is 0 Å². The fraction of sp³-hybridized carbons (Fsp3) is 0.312. The molecule has 0 unspecified atom stereocenters. The minimum atomic E-state index is 0.445. The third-order valence-corrected chi connectivity index (χ3v) is 3.90. The average Bonchev–Trinajstić information content (AvgIpc) is 2.88. The normalized spacial score (nSPS) is 19.7. The van der Waals surface area contributed by atoms with Gasteiger partial charge in [-0.25, -0.2) is 0 Å². The van der Waals surface area contributed by atoms with Crippen molar-refractivity contribution in [1.29, 1.82) is 0 Å². The molecule has 1 atom stereocenters. The van der Waals surface area contributed by atoms with Crippen LogP contribution in [0.4, 0.5) is 0 Å². The van der Waals surface area contributed by atoms with E-state index in [1.54, 1.807) is 0 Å². The second kappa shape index (κ2) is 5.72. The number of nitrogens with zero attached hydrogens (tertiary/aromatic N) is 2. The van der Waals surface area contributed by atoms with Crippen LogP contribution in [0.2, 0.25) is 5.02 Å². The summed E-state index contributed by atoms with van der Waals surface area (Å²) in [5.41, 5.74) is 2.46. The summed E-state index contributed by atoms with van der Waals surface area (Å²) in [5.74, 6) is 0. The van der Waals surface area contributed by atoms with Gasteiger partial charge in [0.25, 0.3) is 0 Å². The van der Waals surface area contributed by atoms with E-state index in [0.717, 1.165) is 18.1 Å². The van der Waals surface area contributed by atoms with Crippen LogP contribution in [0.5, 0.6) is 0 Å². The molecule has 3 rings (SSSR count). The molecule has 0 amide bonds. The van der Waals surface area contributed by atoms with E-state index in [1.165, 1.54) is 24.1 Å². The lowest BCUT2D eigenvalue weighted by Gasteiger charge is -2.24. The quantitative estimate of drug-likeness (QED) is 0.837. The van der Waals surface area contributed by atoms with Gasteiger partial charge in [0.05, 0.1) is 11.7 Å². The molecule has 1 saturated heterocycles. The van der Waals surface area contributed by atoms with Crippen molar-refractivity contribution >= 4 is 11.6 Å². The zero-order valence-corrected chi connectivity index (χ0v) is 11.6. The zero-order chi connectivity index (χ0) is 13.1. The summed E-state index contributed by atoms with van der Waals surface area (Å²) in [7, 11) is 0. The van der Waals surface area contributed by atoms with Gasteiger partial charge in [-0.15, -0.1) is 0 Å². The van der Waals surface area contributed by atoms with E-state index in [-0.39, 0.29) is 0 Å². The molecule has 0 radical (unpaired) electrons. The monoisotopic (exact) mass is 272 g/mol. The van der Waals surface area contributed by atoms with Gasteiger partial charge in [-0.2, -0.15) is 0 Å². The Hall–Kier alpha value is -1.38. The molecule has 2 nitrogen and oxygen atoms in total. The van der Waals surface area contributed by atoms with Gasteiger partial charge in [0.1, 0.15) is 0 Å². The van der Waals surface area contributed by atoms with E-state index >= 15 is 0 Å². The highest BCUT2D eigenvalue weighted by atomic mass is 35.5. The molecule has 0 spiro atoms. The molecule has 3 heteroatoms. The minimum Gasteiger partial charge on any atom is -0.291 e. The van der Waals surface area contributed by atoms with Crippen LogP contribution in [-0.2, 0) is 6.54 Å². The predicted molar refractivity (Wildman–Crippen MR) is 78.1 cm³/mol.